The molecule has 14 heavy (non-hydrogen) atoms. The van der Waals surface area contributed by atoms with Crippen molar-refractivity contribution in [3.63, 3.8) is 0 Å². The van der Waals surface area contributed by atoms with E-state index in [-0.39, 0.29) is 5.69 Å². The molecule has 0 unspecified atom stereocenters. The third-order valence-corrected chi connectivity index (χ3v) is 2.39. The van der Waals surface area contributed by atoms with Crippen LogP contribution in [0.15, 0.2) is 11.6 Å². The largest absolute Gasteiger partial charge is 0.476 e. The van der Waals surface area contributed by atoms with Gasteiger partial charge in [0.2, 0.25) is 0 Å². The lowest BCUT2D eigenvalue weighted by Crippen LogP contribution is -2.01. The molecule has 0 aromatic carbocycles. The summed E-state index contributed by atoms with van der Waals surface area (Å²) in [5, 5.41) is 17.9. The van der Waals surface area contributed by atoms with E-state index in [9.17, 15) is 4.79 Å². The molecule has 0 saturated carbocycles. The first-order valence-electron chi connectivity index (χ1n) is 3.73. The number of hydrogen-bond acceptors (Lipinski definition) is 5. The second-order valence-corrected chi connectivity index (χ2v) is 3.25. The first kappa shape index (κ1) is 8.82. The lowest BCUT2D eigenvalue weighted by Gasteiger charge is -1.97. The Kier molecular flexibility index (Phi) is 2.01. The number of carbonyl (C=O) groups is 1. The smallest absolute Gasteiger partial charge is 0.356 e. The van der Waals surface area contributed by atoms with E-state index < -0.39 is 5.97 Å². The number of aromatic carboxylic acids is 1. The van der Waals surface area contributed by atoms with Gasteiger partial charge in [0.05, 0.1) is 11.9 Å². The fourth-order valence-corrected chi connectivity index (χ4v) is 1.78. The summed E-state index contributed by atoms with van der Waals surface area (Å²) < 4.78 is 5.30. The third-order valence-electron chi connectivity index (χ3n) is 1.76. The first-order valence-corrected chi connectivity index (χ1v) is 4.56. The Morgan fingerprint density at radius 3 is 3.00 bits per heavy atom. The van der Waals surface area contributed by atoms with Crippen LogP contribution in [0, 0.1) is 0 Å². The molecule has 0 aliphatic heterocycles. The highest BCUT2D eigenvalue weighted by Crippen LogP contribution is 2.23. The second-order valence-electron chi connectivity index (χ2n) is 2.62. The standard InChI is InChI=1S/C7H6N4O2S/c1-11-5(2-8-10-11)4-3-14-9-6(4)7(12)13/h2-3H,1H3,(H,12,13). The SMILES string of the molecule is Cn1nncc1-c1csnc1C(=O)O. The van der Waals surface area contributed by atoms with Crippen LogP contribution < -0.4 is 0 Å². The van der Waals surface area contributed by atoms with Gasteiger partial charge in [0.1, 0.15) is 0 Å². The van der Waals surface area contributed by atoms with Gasteiger partial charge in [-0.25, -0.2) is 9.48 Å². The van der Waals surface area contributed by atoms with Crippen LogP contribution >= 0.6 is 11.5 Å². The Morgan fingerprint density at radius 1 is 1.64 bits per heavy atom. The van der Waals surface area contributed by atoms with Crippen molar-refractivity contribution in [2.24, 2.45) is 7.05 Å². The number of rotatable bonds is 2. The molecule has 0 fully saturated rings. The summed E-state index contributed by atoms with van der Waals surface area (Å²) in [6.07, 6.45) is 1.51. The molecule has 2 aromatic rings. The highest BCUT2D eigenvalue weighted by atomic mass is 32.1. The molecule has 0 aliphatic rings. The maximum absolute atomic E-state index is 10.8. The van der Waals surface area contributed by atoms with Gasteiger partial charge < -0.3 is 5.11 Å². The maximum Gasteiger partial charge on any atom is 0.356 e. The number of aromatic nitrogens is 4. The van der Waals surface area contributed by atoms with Crippen LogP contribution in [0.5, 0.6) is 0 Å². The molecule has 72 valence electrons. The summed E-state index contributed by atoms with van der Waals surface area (Å²) in [5.74, 6) is -1.04. The van der Waals surface area contributed by atoms with Gasteiger partial charge >= 0.3 is 5.97 Å². The van der Waals surface area contributed by atoms with Crippen LogP contribution in [0.1, 0.15) is 10.5 Å². The minimum absolute atomic E-state index is 0.0420. The lowest BCUT2D eigenvalue weighted by atomic mass is 10.2. The molecule has 1 N–H and O–H groups in total. The molecular formula is C7H6N4O2S. The monoisotopic (exact) mass is 210 g/mol. The Hall–Kier alpha value is -1.76. The van der Waals surface area contributed by atoms with Gasteiger partial charge in [-0.2, -0.15) is 4.37 Å². The van der Waals surface area contributed by atoms with Gasteiger partial charge in [-0.3, -0.25) is 0 Å². The van der Waals surface area contributed by atoms with Crippen molar-refractivity contribution in [1.82, 2.24) is 19.4 Å². The summed E-state index contributed by atoms with van der Waals surface area (Å²) in [6.45, 7) is 0. The topological polar surface area (TPSA) is 80.9 Å². The van der Waals surface area contributed by atoms with E-state index in [1.165, 1.54) is 10.9 Å². The molecule has 6 nitrogen and oxygen atoms in total. The predicted molar refractivity (Wildman–Crippen MR) is 49.1 cm³/mol. The highest BCUT2D eigenvalue weighted by Gasteiger charge is 2.17. The zero-order valence-electron chi connectivity index (χ0n) is 7.21. The Labute approximate surface area is 83.0 Å². The van der Waals surface area contributed by atoms with Crippen molar-refractivity contribution >= 4 is 17.5 Å². The quantitative estimate of drug-likeness (QED) is 0.786. The van der Waals surface area contributed by atoms with Gasteiger partial charge in [0.15, 0.2) is 5.69 Å². The minimum atomic E-state index is -1.04. The van der Waals surface area contributed by atoms with Crippen LogP contribution in [0.3, 0.4) is 0 Å². The summed E-state index contributed by atoms with van der Waals surface area (Å²) >= 11 is 1.10. The zero-order chi connectivity index (χ0) is 10.1. The predicted octanol–water partition coefficient (Wildman–Crippen LogP) is 0.637. The van der Waals surface area contributed by atoms with E-state index in [4.69, 9.17) is 5.11 Å². The molecule has 2 heterocycles. The summed E-state index contributed by atoms with van der Waals surface area (Å²) in [4.78, 5) is 10.8. The van der Waals surface area contributed by atoms with Crippen molar-refractivity contribution in [3.8, 4) is 11.3 Å². The molecule has 0 amide bonds. The van der Waals surface area contributed by atoms with Crippen molar-refractivity contribution < 1.29 is 9.90 Å². The van der Waals surface area contributed by atoms with E-state index in [2.05, 4.69) is 14.7 Å². The third kappa shape index (κ3) is 1.27. The molecular weight excluding hydrogens is 204 g/mol. The Balaban J connectivity index is 2.57. The Morgan fingerprint density at radius 2 is 2.43 bits per heavy atom. The lowest BCUT2D eigenvalue weighted by molar-refractivity contribution is 0.0692. The molecule has 0 aliphatic carbocycles. The van der Waals surface area contributed by atoms with Crippen molar-refractivity contribution in [2.45, 2.75) is 0 Å². The van der Waals surface area contributed by atoms with Crippen LogP contribution in [0.4, 0.5) is 0 Å². The second kappa shape index (κ2) is 3.18. The number of nitrogens with zero attached hydrogens (tertiary/aromatic N) is 4. The number of aryl methyl sites for hydroxylation is 1. The number of carboxylic acids is 1. The van der Waals surface area contributed by atoms with Gasteiger partial charge in [-0.05, 0) is 11.5 Å². The summed E-state index contributed by atoms with van der Waals surface area (Å²) in [6, 6.07) is 0. The maximum atomic E-state index is 10.8. The van der Waals surface area contributed by atoms with Crippen LogP contribution in [0.25, 0.3) is 11.3 Å². The normalized spacial score (nSPS) is 10.4. The molecule has 0 saturated heterocycles. The van der Waals surface area contributed by atoms with Crippen LogP contribution in [-0.2, 0) is 7.05 Å². The Bertz CT molecular complexity index is 475. The van der Waals surface area contributed by atoms with Crippen molar-refractivity contribution in [1.29, 1.82) is 0 Å². The first-order chi connectivity index (χ1) is 6.70. The van der Waals surface area contributed by atoms with E-state index in [0.29, 0.717) is 11.3 Å². The summed E-state index contributed by atoms with van der Waals surface area (Å²) in [7, 11) is 1.70. The van der Waals surface area contributed by atoms with Crippen molar-refractivity contribution in [2.75, 3.05) is 0 Å². The van der Waals surface area contributed by atoms with E-state index in [1.54, 1.807) is 12.4 Å². The van der Waals surface area contributed by atoms with E-state index in [1.807, 2.05) is 0 Å². The van der Waals surface area contributed by atoms with Gasteiger partial charge in [0.25, 0.3) is 0 Å². The van der Waals surface area contributed by atoms with E-state index in [0.717, 1.165) is 11.5 Å². The average molecular weight is 210 g/mol. The molecule has 2 rings (SSSR count). The van der Waals surface area contributed by atoms with Crippen LogP contribution in [-0.4, -0.2) is 30.4 Å². The van der Waals surface area contributed by atoms with Gasteiger partial charge in [0, 0.05) is 18.0 Å². The zero-order valence-corrected chi connectivity index (χ0v) is 8.02. The fourth-order valence-electron chi connectivity index (χ4n) is 1.11. The molecule has 0 spiro atoms. The van der Waals surface area contributed by atoms with Crippen molar-refractivity contribution in [3.05, 3.63) is 17.3 Å². The fraction of sp³-hybridized carbons (Fsp3) is 0.143. The number of hydrogen-bond donors (Lipinski definition) is 1. The van der Waals surface area contributed by atoms with Gasteiger partial charge in [-0.15, -0.1) is 5.10 Å². The average Bonchev–Trinajstić information content (AvgIpc) is 2.70. The molecule has 0 bridgehead atoms. The van der Waals surface area contributed by atoms with E-state index >= 15 is 0 Å². The minimum Gasteiger partial charge on any atom is -0.476 e. The molecule has 2 aromatic heterocycles. The molecule has 7 heteroatoms. The van der Waals surface area contributed by atoms with Gasteiger partial charge in [-0.1, -0.05) is 5.21 Å². The summed E-state index contributed by atoms with van der Waals surface area (Å²) in [5.41, 5.74) is 1.24. The van der Waals surface area contributed by atoms with Crippen LogP contribution in [0.2, 0.25) is 0 Å². The molecule has 0 atom stereocenters. The number of carboxylic acid groups (broad SMARTS) is 1. The molecule has 0 radical (unpaired) electrons. The highest BCUT2D eigenvalue weighted by molar-refractivity contribution is 7.04.